The van der Waals surface area contributed by atoms with E-state index in [9.17, 15) is 5.48 Å². The van der Waals surface area contributed by atoms with Crippen molar-refractivity contribution in [3.8, 4) is 45.3 Å². The van der Waals surface area contributed by atoms with Crippen molar-refractivity contribution in [1.29, 1.82) is 0 Å². The van der Waals surface area contributed by atoms with Crippen molar-refractivity contribution >= 4 is 63.8 Å². The maximum Gasteiger partial charge on any atom is 0.164 e. The maximum atomic E-state index is 9.59. The number of nitrogens with zero attached hydrogens (tertiary/aromatic N) is 3. The SMILES string of the molecule is [2H]c1c(-c2ccccc2)c([2H])c2c(sc3c([2H])c(-c4nc(-c5cc(C)cc(C)c5)nc(-c5ccc6c7ccccc7c7ccccc7c6c5)n4)c([2H])c([2H])c32)c1[2H]. The molecule has 0 aliphatic heterocycles. The Hall–Kier alpha value is -6.23. The van der Waals surface area contributed by atoms with Crippen molar-refractivity contribution in [1.82, 2.24) is 15.0 Å². The number of thiophene rings is 1. The first-order chi connectivity index (χ1) is 27.6. The first-order valence-corrected chi connectivity index (χ1v) is 17.6. The zero-order valence-corrected chi connectivity index (χ0v) is 28.5. The second kappa shape index (κ2) is 11.7. The Morgan fingerprint density at radius 3 is 1.65 bits per heavy atom. The fraction of sp³-hybridized carbons (Fsp3) is 0.0426. The summed E-state index contributed by atoms with van der Waals surface area (Å²) in [6.45, 7) is 4.02. The third-order valence-corrected chi connectivity index (χ3v) is 10.4. The molecule has 8 aromatic carbocycles. The van der Waals surface area contributed by atoms with Crippen LogP contribution >= 0.6 is 11.3 Å². The average Bonchev–Trinajstić information content (AvgIpc) is 3.64. The van der Waals surface area contributed by atoms with Crippen molar-refractivity contribution in [2.24, 2.45) is 0 Å². The number of rotatable bonds is 4. The summed E-state index contributed by atoms with van der Waals surface area (Å²) in [6, 6.07) is 37.4. The van der Waals surface area contributed by atoms with Crippen LogP contribution in [0.25, 0.3) is 97.8 Å². The van der Waals surface area contributed by atoms with Crippen LogP contribution in [0.5, 0.6) is 0 Å². The Balaban J connectivity index is 1.25. The van der Waals surface area contributed by atoms with Crippen LogP contribution in [0.15, 0.2) is 152 Å². The molecule has 0 spiro atoms. The Kier molecular flexibility index (Phi) is 5.50. The van der Waals surface area contributed by atoms with E-state index in [1.54, 1.807) is 12.1 Å². The maximum absolute atomic E-state index is 9.59. The fourth-order valence-electron chi connectivity index (χ4n) is 7.15. The van der Waals surface area contributed by atoms with Gasteiger partial charge in [0, 0.05) is 36.9 Å². The van der Waals surface area contributed by atoms with Crippen molar-refractivity contribution < 1.29 is 8.22 Å². The molecule has 51 heavy (non-hydrogen) atoms. The number of fused-ring (bicyclic) bond motifs is 9. The third-order valence-electron chi connectivity index (χ3n) is 9.41. The summed E-state index contributed by atoms with van der Waals surface area (Å²) in [5.74, 6) is 0.826. The van der Waals surface area contributed by atoms with Gasteiger partial charge in [-0.1, -0.05) is 126 Å². The number of aryl methyl sites for hydroxylation is 2. The van der Waals surface area contributed by atoms with E-state index in [0.717, 1.165) is 60.5 Å². The van der Waals surface area contributed by atoms with Gasteiger partial charge in [0.25, 0.3) is 0 Å². The van der Waals surface area contributed by atoms with E-state index in [4.69, 9.17) is 17.7 Å². The molecule has 240 valence electrons. The predicted octanol–water partition coefficient (Wildman–Crippen LogP) is 13.0. The predicted molar refractivity (Wildman–Crippen MR) is 216 cm³/mol. The van der Waals surface area contributed by atoms with Gasteiger partial charge in [-0.3, -0.25) is 0 Å². The van der Waals surface area contributed by atoms with Gasteiger partial charge in [0.15, 0.2) is 17.5 Å². The summed E-state index contributed by atoms with van der Waals surface area (Å²) in [5, 5.41) is 7.25. The van der Waals surface area contributed by atoms with Gasteiger partial charge < -0.3 is 0 Å². The first kappa shape index (κ1) is 24.0. The summed E-state index contributed by atoms with van der Waals surface area (Å²) in [5.41, 5.74) is 4.52. The first-order valence-electron chi connectivity index (χ1n) is 19.8. The highest BCUT2D eigenvalue weighted by molar-refractivity contribution is 7.25. The highest BCUT2D eigenvalue weighted by Gasteiger charge is 2.17. The minimum absolute atomic E-state index is 0.000317. The lowest BCUT2D eigenvalue weighted by Crippen LogP contribution is -2.00. The molecule has 0 radical (unpaired) electrons. The molecule has 0 aliphatic carbocycles. The van der Waals surface area contributed by atoms with Crippen molar-refractivity contribution in [3.05, 3.63) is 163 Å². The van der Waals surface area contributed by atoms with E-state index in [0.29, 0.717) is 32.0 Å². The molecule has 0 atom stereocenters. The van der Waals surface area contributed by atoms with Gasteiger partial charge >= 0.3 is 0 Å². The molecule has 10 aromatic rings. The van der Waals surface area contributed by atoms with Crippen molar-refractivity contribution in [2.45, 2.75) is 13.8 Å². The molecule has 0 fully saturated rings. The Bertz CT molecular complexity index is 3290. The molecule has 3 nitrogen and oxygen atoms in total. The number of aromatic nitrogens is 3. The summed E-state index contributed by atoms with van der Waals surface area (Å²) in [6.07, 6.45) is 0. The normalized spacial score (nSPS) is 13.4. The van der Waals surface area contributed by atoms with E-state index < -0.39 is 0 Å². The third kappa shape index (κ3) is 5.07. The smallest absolute Gasteiger partial charge is 0.164 e. The molecule has 0 saturated heterocycles. The van der Waals surface area contributed by atoms with Gasteiger partial charge in [-0.2, -0.15) is 0 Å². The molecule has 0 aliphatic rings. The van der Waals surface area contributed by atoms with Crippen LogP contribution in [-0.2, 0) is 0 Å². The Labute approximate surface area is 308 Å². The van der Waals surface area contributed by atoms with Crippen LogP contribution < -0.4 is 0 Å². The van der Waals surface area contributed by atoms with Crippen LogP contribution in [0.2, 0.25) is 0 Å². The standard InChI is InChI=1S/C47H31N3S/c1-28-22-29(2)24-34(23-28)47-49-45(32-16-19-39-37-14-7-6-12-35(37)36-13-8-9-15-38(36)41(39)26-32)48-46(50-47)33-17-20-40-42-25-31(30-10-4-3-5-11-30)18-21-43(42)51-44(40)27-33/h3-27H,1-2H3/i17D,18D,20D,21D,25D,27D. The van der Waals surface area contributed by atoms with Crippen molar-refractivity contribution in [2.75, 3.05) is 0 Å². The monoisotopic (exact) mass is 675 g/mol. The van der Waals surface area contributed by atoms with Crippen LogP contribution in [0.1, 0.15) is 19.4 Å². The Morgan fingerprint density at radius 1 is 0.392 bits per heavy atom. The Morgan fingerprint density at radius 2 is 0.961 bits per heavy atom. The lowest BCUT2D eigenvalue weighted by molar-refractivity contribution is 1.07. The van der Waals surface area contributed by atoms with Gasteiger partial charge in [-0.25, -0.2) is 15.0 Å². The summed E-state index contributed by atoms with van der Waals surface area (Å²) in [4.78, 5) is 14.9. The molecule has 0 N–H and O–H groups in total. The topological polar surface area (TPSA) is 38.7 Å². The summed E-state index contributed by atoms with van der Waals surface area (Å²) >= 11 is 1.10. The second-order valence-corrected chi connectivity index (χ2v) is 13.9. The van der Waals surface area contributed by atoms with E-state index in [1.165, 1.54) is 5.39 Å². The molecule has 0 saturated carbocycles. The van der Waals surface area contributed by atoms with Gasteiger partial charge in [-0.15, -0.1) is 11.3 Å². The quantitative estimate of drug-likeness (QED) is 0.174. The van der Waals surface area contributed by atoms with E-state index in [1.807, 2.05) is 68.4 Å². The molecule has 2 heterocycles. The summed E-state index contributed by atoms with van der Waals surface area (Å²) < 4.78 is 56.2. The molecular formula is C47H31N3S. The molecular weight excluding hydrogens is 639 g/mol. The zero-order chi connectivity index (χ0) is 39.3. The van der Waals surface area contributed by atoms with Gasteiger partial charge in [0.1, 0.15) is 0 Å². The molecule has 0 amide bonds. The minimum Gasteiger partial charge on any atom is -0.208 e. The second-order valence-electron chi connectivity index (χ2n) is 12.9. The highest BCUT2D eigenvalue weighted by atomic mass is 32.1. The van der Waals surface area contributed by atoms with Gasteiger partial charge in [-0.05, 0) is 93.6 Å². The van der Waals surface area contributed by atoms with E-state index in [-0.39, 0.29) is 58.6 Å². The minimum atomic E-state index is -0.256. The fourth-order valence-corrected chi connectivity index (χ4v) is 8.12. The van der Waals surface area contributed by atoms with Gasteiger partial charge in [0.05, 0.1) is 8.22 Å². The van der Waals surface area contributed by atoms with Crippen LogP contribution in [-0.4, -0.2) is 15.0 Å². The molecule has 10 rings (SSSR count). The average molecular weight is 676 g/mol. The molecule has 2 aromatic heterocycles. The highest BCUT2D eigenvalue weighted by Crippen LogP contribution is 2.40. The van der Waals surface area contributed by atoms with Crippen LogP contribution in [0.3, 0.4) is 0 Å². The lowest BCUT2D eigenvalue weighted by atomic mass is 9.93. The van der Waals surface area contributed by atoms with Crippen molar-refractivity contribution in [3.63, 3.8) is 0 Å². The molecule has 0 unspecified atom stereocenters. The number of hydrogen-bond donors (Lipinski definition) is 0. The summed E-state index contributed by atoms with van der Waals surface area (Å²) in [7, 11) is 0. The lowest BCUT2D eigenvalue weighted by Gasteiger charge is -2.13. The van der Waals surface area contributed by atoms with Crippen LogP contribution in [0, 0.1) is 13.8 Å². The van der Waals surface area contributed by atoms with Crippen LogP contribution in [0.4, 0.5) is 0 Å². The number of hydrogen-bond acceptors (Lipinski definition) is 4. The van der Waals surface area contributed by atoms with E-state index >= 15 is 0 Å². The largest absolute Gasteiger partial charge is 0.208 e. The molecule has 0 bridgehead atoms. The number of benzene rings is 8. The van der Waals surface area contributed by atoms with Gasteiger partial charge in [0.2, 0.25) is 0 Å². The molecule has 4 heteroatoms. The zero-order valence-electron chi connectivity index (χ0n) is 33.7. The van der Waals surface area contributed by atoms with E-state index in [2.05, 4.69) is 48.5 Å².